The Morgan fingerprint density at radius 1 is 0.882 bits per heavy atom. The SMILES string of the molecule is CCCC1CCC(C(=O)N2CC(=O)N[C@H](Cc3c[nH]c4ccccc34)C(=O)N3C[C@H](O)C[C@H]3C(=O)N[C@@H](C)C(=O)N[C@H](c3ccccc3)C2)CC1. The molecule has 2 aromatic carbocycles. The van der Waals surface area contributed by atoms with Gasteiger partial charge in [-0.2, -0.15) is 0 Å². The number of amides is 5. The Morgan fingerprint density at radius 2 is 1.61 bits per heavy atom. The molecule has 51 heavy (non-hydrogen) atoms. The van der Waals surface area contributed by atoms with Crippen LogP contribution in [-0.2, 0) is 30.4 Å². The highest BCUT2D eigenvalue weighted by atomic mass is 16.3. The number of aromatic nitrogens is 1. The number of benzene rings is 2. The quantitative estimate of drug-likeness (QED) is 0.266. The third kappa shape index (κ3) is 8.44. The van der Waals surface area contributed by atoms with Crippen molar-refractivity contribution in [3.05, 3.63) is 71.9 Å². The van der Waals surface area contributed by atoms with Crippen molar-refractivity contribution in [1.29, 1.82) is 0 Å². The Morgan fingerprint density at radius 3 is 2.35 bits per heavy atom. The third-order valence-corrected chi connectivity index (χ3v) is 10.8. The van der Waals surface area contributed by atoms with Gasteiger partial charge in [0.2, 0.25) is 29.5 Å². The Labute approximate surface area is 298 Å². The molecule has 1 aliphatic carbocycles. The first-order chi connectivity index (χ1) is 24.6. The number of nitrogens with one attached hydrogen (secondary N) is 4. The van der Waals surface area contributed by atoms with E-state index in [0.717, 1.165) is 60.6 Å². The van der Waals surface area contributed by atoms with Gasteiger partial charge in [-0.15, -0.1) is 0 Å². The molecular weight excluding hydrogens is 648 g/mol. The molecule has 12 heteroatoms. The zero-order chi connectivity index (χ0) is 36.1. The molecule has 3 aliphatic rings. The van der Waals surface area contributed by atoms with Crippen molar-refractivity contribution < 1.29 is 29.1 Å². The van der Waals surface area contributed by atoms with Crippen molar-refractivity contribution in [3.63, 3.8) is 0 Å². The van der Waals surface area contributed by atoms with Gasteiger partial charge in [0.25, 0.3) is 0 Å². The zero-order valence-corrected chi connectivity index (χ0v) is 29.5. The molecule has 12 nitrogen and oxygen atoms in total. The van der Waals surface area contributed by atoms with Crippen LogP contribution in [0.25, 0.3) is 10.9 Å². The van der Waals surface area contributed by atoms with Gasteiger partial charge in [0, 0.05) is 48.9 Å². The van der Waals surface area contributed by atoms with Gasteiger partial charge in [0.1, 0.15) is 18.1 Å². The Balaban J connectivity index is 1.35. The second kappa shape index (κ2) is 16.1. The molecule has 0 spiro atoms. The second-order valence-corrected chi connectivity index (χ2v) is 14.5. The first-order valence-electron chi connectivity index (χ1n) is 18.4. The maximum atomic E-state index is 14.3. The molecule has 2 saturated heterocycles. The molecule has 1 aromatic heterocycles. The predicted molar refractivity (Wildman–Crippen MR) is 192 cm³/mol. The first-order valence-corrected chi connectivity index (χ1v) is 18.4. The summed E-state index contributed by atoms with van der Waals surface area (Å²) in [5, 5.41) is 20.2. The number of hydrogen-bond donors (Lipinski definition) is 5. The summed E-state index contributed by atoms with van der Waals surface area (Å²) in [5.74, 6) is -1.91. The van der Waals surface area contributed by atoms with Gasteiger partial charge in [-0.1, -0.05) is 68.3 Å². The molecule has 272 valence electrons. The van der Waals surface area contributed by atoms with E-state index in [4.69, 9.17) is 0 Å². The summed E-state index contributed by atoms with van der Waals surface area (Å²) in [6.45, 7) is 3.35. The maximum Gasteiger partial charge on any atom is 0.246 e. The number of hydrogen-bond acceptors (Lipinski definition) is 6. The molecule has 5 N–H and O–H groups in total. The minimum atomic E-state index is -1.09. The highest BCUT2D eigenvalue weighted by Crippen LogP contribution is 2.33. The van der Waals surface area contributed by atoms with Crippen LogP contribution in [0.2, 0.25) is 0 Å². The van der Waals surface area contributed by atoms with E-state index in [2.05, 4.69) is 27.9 Å². The van der Waals surface area contributed by atoms with Crippen molar-refractivity contribution in [2.24, 2.45) is 11.8 Å². The van der Waals surface area contributed by atoms with Crippen LogP contribution in [0.4, 0.5) is 0 Å². The van der Waals surface area contributed by atoms with Gasteiger partial charge in [-0.05, 0) is 55.7 Å². The van der Waals surface area contributed by atoms with Crippen LogP contribution in [0, 0.1) is 11.8 Å². The summed E-state index contributed by atoms with van der Waals surface area (Å²) in [4.78, 5) is 76.1. The van der Waals surface area contributed by atoms with Crippen LogP contribution in [0.15, 0.2) is 60.8 Å². The fourth-order valence-corrected chi connectivity index (χ4v) is 8.05. The highest BCUT2D eigenvalue weighted by molar-refractivity contribution is 5.96. The summed E-state index contributed by atoms with van der Waals surface area (Å²) in [7, 11) is 0. The van der Waals surface area contributed by atoms with Gasteiger partial charge in [0.15, 0.2) is 0 Å². The Hall–Kier alpha value is -4.71. The molecule has 3 heterocycles. The standard InChI is InChI=1S/C39H50N6O6/c1-3-9-25-14-16-27(17-15-25)38(50)44-22-33(26-10-5-4-6-11-26)43-36(48)24(2)41-37(49)34-19-29(46)21-45(34)39(51)32(42-35(47)23-44)18-28-20-40-31-13-8-7-12-30(28)31/h4-8,10-13,20,24-25,27,29,32-34,40,46H,3,9,14-19,21-23H2,1-2H3,(H,41,49)(H,42,47)(H,43,48)/t24-,25?,27?,29+,32+,33-,34-/m0/s1. The molecule has 3 fully saturated rings. The number of aromatic amines is 1. The fraction of sp³-hybridized carbons (Fsp3) is 0.513. The molecule has 1 saturated carbocycles. The topological polar surface area (TPSA) is 164 Å². The summed E-state index contributed by atoms with van der Waals surface area (Å²) in [5.41, 5.74) is 2.42. The zero-order valence-electron chi connectivity index (χ0n) is 29.5. The van der Waals surface area contributed by atoms with E-state index in [1.54, 1.807) is 13.1 Å². The maximum absolute atomic E-state index is 14.3. The number of carbonyl (C=O) groups is 5. The molecular formula is C39H50N6O6. The van der Waals surface area contributed by atoms with E-state index in [1.807, 2.05) is 54.6 Å². The largest absolute Gasteiger partial charge is 0.391 e. The number of para-hydroxylation sites is 1. The second-order valence-electron chi connectivity index (χ2n) is 14.5. The summed E-state index contributed by atoms with van der Waals surface area (Å²) >= 11 is 0. The summed E-state index contributed by atoms with van der Waals surface area (Å²) in [6, 6.07) is 13.1. The lowest BCUT2D eigenvalue weighted by Gasteiger charge is -2.34. The van der Waals surface area contributed by atoms with E-state index in [9.17, 15) is 29.1 Å². The number of H-pyrrole nitrogens is 1. The number of nitrogens with zero attached hydrogens (tertiary/aromatic N) is 2. The van der Waals surface area contributed by atoms with Crippen LogP contribution in [0.3, 0.4) is 0 Å². The summed E-state index contributed by atoms with van der Waals surface area (Å²) < 4.78 is 0. The van der Waals surface area contributed by atoms with Crippen molar-refractivity contribution in [3.8, 4) is 0 Å². The minimum absolute atomic E-state index is 0.00488. The number of rotatable bonds is 6. The van der Waals surface area contributed by atoms with Gasteiger partial charge in [-0.3, -0.25) is 24.0 Å². The summed E-state index contributed by atoms with van der Waals surface area (Å²) in [6.07, 6.45) is 6.54. The average Bonchev–Trinajstić information content (AvgIpc) is 3.73. The molecule has 5 atom stereocenters. The Kier molecular flexibility index (Phi) is 11.4. The average molecular weight is 699 g/mol. The number of aliphatic hydroxyl groups is 1. The number of carbonyl (C=O) groups excluding carboxylic acids is 5. The minimum Gasteiger partial charge on any atom is -0.391 e. The lowest BCUT2D eigenvalue weighted by molar-refractivity contribution is -0.143. The van der Waals surface area contributed by atoms with Crippen LogP contribution in [0.5, 0.6) is 0 Å². The van der Waals surface area contributed by atoms with Crippen molar-refractivity contribution in [1.82, 2.24) is 30.7 Å². The van der Waals surface area contributed by atoms with E-state index >= 15 is 0 Å². The molecule has 0 bridgehead atoms. The third-order valence-electron chi connectivity index (χ3n) is 10.8. The monoisotopic (exact) mass is 698 g/mol. The van der Waals surface area contributed by atoms with Crippen molar-refractivity contribution >= 4 is 40.4 Å². The van der Waals surface area contributed by atoms with Gasteiger partial charge < -0.3 is 35.8 Å². The lowest BCUT2D eigenvalue weighted by atomic mass is 9.79. The van der Waals surface area contributed by atoms with E-state index in [-0.39, 0.29) is 44.3 Å². The molecule has 6 rings (SSSR count). The number of aliphatic hydroxyl groups excluding tert-OH is 1. The molecule has 0 radical (unpaired) electrons. The fourth-order valence-electron chi connectivity index (χ4n) is 8.05. The van der Waals surface area contributed by atoms with Crippen LogP contribution in [-0.4, -0.2) is 93.3 Å². The molecule has 0 unspecified atom stereocenters. The van der Waals surface area contributed by atoms with Crippen molar-refractivity contribution in [2.75, 3.05) is 19.6 Å². The van der Waals surface area contributed by atoms with Crippen LogP contribution < -0.4 is 16.0 Å². The number of fused-ring (bicyclic) bond motifs is 2. The van der Waals surface area contributed by atoms with Gasteiger partial charge in [-0.25, -0.2) is 0 Å². The molecule has 3 aromatic rings. The van der Waals surface area contributed by atoms with Crippen LogP contribution >= 0.6 is 0 Å². The van der Waals surface area contributed by atoms with Crippen molar-refractivity contribution in [2.45, 2.75) is 95.5 Å². The van der Waals surface area contributed by atoms with Gasteiger partial charge >= 0.3 is 0 Å². The smallest absolute Gasteiger partial charge is 0.246 e. The first kappa shape index (κ1) is 36.1. The van der Waals surface area contributed by atoms with Crippen LogP contribution in [0.1, 0.15) is 76.0 Å². The van der Waals surface area contributed by atoms with E-state index < -0.39 is 53.9 Å². The highest BCUT2D eigenvalue weighted by Gasteiger charge is 2.43. The van der Waals surface area contributed by atoms with E-state index in [0.29, 0.717) is 5.92 Å². The molecule has 5 amide bonds. The lowest BCUT2D eigenvalue weighted by Crippen LogP contribution is -2.56. The normalized spacial score (nSPS) is 28.3. The molecule has 2 aliphatic heterocycles. The Bertz CT molecular complexity index is 1720. The van der Waals surface area contributed by atoms with E-state index in [1.165, 1.54) is 9.80 Å². The van der Waals surface area contributed by atoms with Gasteiger partial charge in [0.05, 0.1) is 18.7 Å². The predicted octanol–water partition coefficient (Wildman–Crippen LogP) is 2.97.